The van der Waals surface area contributed by atoms with Crippen molar-refractivity contribution in [3.8, 4) is 0 Å². The molecule has 14 heavy (non-hydrogen) atoms. The van der Waals surface area contributed by atoms with Gasteiger partial charge < -0.3 is 5.73 Å². The molecule has 0 amide bonds. The van der Waals surface area contributed by atoms with Crippen LogP contribution in [0.15, 0.2) is 17.8 Å². The molecule has 0 radical (unpaired) electrons. The molecule has 1 unspecified atom stereocenters. The molecule has 0 fully saturated rings. The van der Waals surface area contributed by atoms with E-state index in [9.17, 15) is 0 Å². The average Bonchev–Trinajstić information content (AvgIpc) is 2.75. The van der Waals surface area contributed by atoms with E-state index in [1.54, 1.807) is 4.68 Å². The maximum Gasteiger partial charge on any atom is 0.0925 e. The highest BCUT2D eigenvalue weighted by Gasteiger charge is 2.10. The van der Waals surface area contributed by atoms with Crippen LogP contribution in [0.25, 0.3) is 0 Å². The standard InChI is InChI=1S/C8H11N5S/c1-13-4-6(3-10-13)2-7(9)8-5-14-12-11-8/h3-5,7H,2,9H2,1H3. The molecule has 0 aliphatic heterocycles. The van der Waals surface area contributed by atoms with Crippen LogP contribution in [-0.4, -0.2) is 19.4 Å². The lowest BCUT2D eigenvalue weighted by molar-refractivity contribution is 0.691. The first-order valence-corrected chi connectivity index (χ1v) is 5.09. The zero-order valence-corrected chi connectivity index (χ0v) is 8.61. The van der Waals surface area contributed by atoms with Crippen molar-refractivity contribution in [3.63, 3.8) is 0 Å². The summed E-state index contributed by atoms with van der Waals surface area (Å²) < 4.78 is 5.55. The van der Waals surface area contributed by atoms with Crippen LogP contribution in [0.5, 0.6) is 0 Å². The molecule has 74 valence electrons. The van der Waals surface area contributed by atoms with Gasteiger partial charge in [0.1, 0.15) is 0 Å². The predicted molar refractivity (Wildman–Crippen MR) is 53.7 cm³/mol. The molecule has 5 nitrogen and oxygen atoms in total. The summed E-state index contributed by atoms with van der Waals surface area (Å²) in [5, 5.41) is 9.89. The lowest BCUT2D eigenvalue weighted by Gasteiger charge is -2.04. The van der Waals surface area contributed by atoms with Crippen LogP contribution >= 0.6 is 11.5 Å². The Morgan fingerprint density at radius 2 is 2.50 bits per heavy atom. The summed E-state index contributed by atoms with van der Waals surface area (Å²) in [6.07, 6.45) is 4.53. The molecule has 2 heterocycles. The van der Waals surface area contributed by atoms with Crippen LogP contribution in [0, 0.1) is 0 Å². The number of nitrogens with two attached hydrogens (primary N) is 1. The van der Waals surface area contributed by atoms with Crippen molar-refractivity contribution in [1.82, 2.24) is 19.4 Å². The van der Waals surface area contributed by atoms with Crippen molar-refractivity contribution in [1.29, 1.82) is 0 Å². The lowest BCUT2D eigenvalue weighted by atomic mass is 10.1. The van der Waals surface area contributed by atoms with Gasteiger partial charge in [0, 0.05) is 18.6 Å². The minimum absolute atomic E-state index is 0.0852. The fourth-order valence-electron chi connectivity index (χ4n) is 1.27. The number of nitrogens with zero attached hydrogens (tertiary/aromatic N) is 4. The van der Waals surface area contributed by atoms with Crippen molar-refractivity contribution in [2.75, 3.05) is 0 Å². The highest BCUT2D eigenvalue weighted by Crippen LogP contribution is 2.13. The molecule has 0 saturated carbocycles. The molecule has 0 spiro atoms. The van der Waals surface area contributed by atoms with Crippen molar-refractivity contribution >= 4 is 11.5 Å². The minimum Gasteiger partial charge on any atom is -0.322 e. The molecule has 2 rings (SSSR count). The SMILES string of the molecule is Cn1cc(CC(N)c2csnn2)cn1. The number of aryl methyl sites for hydroxylation is 1. The molecular formula is C8H11N5S. The van der Waals surface area contributed by atoms with E-state index in [1.165, 1.54) is 11.5 Å². The third-order valence-electron chi connectivity index (χ3n) is 1.97. The Morgan fingerprint density at radius 1 is 1.64 bits per heavy atom. The normalized spacial score (nSPS) is 13.0. The van der Waals surface area contributed by atoms with E-state index in [-0.39, 0.29) is 6.04 Å². The molecule has 6 heteroatoms. The topological polar surface area (TPSA) is 69.6 Å². The summed E-state index contributed by atoms with van der Waals surface area (Å²) in [6.45, 7) is 0. The van der Waals surface area contributed by atoms with Crippen LogP contribution in [0.4, 0.5) is 0 Å². The molecule has 0 aliphatic carbocycles. The second-order valence-corrected chi connectivity index (χ2v) is 3.77. The smallest absolute Gasteiger partial charge is 0.0925 e. The molecule has 2 aromatic heterocycles. The van der Waals surface area contributed by atoms with E-state index in [0.29, 0.717) is 0 Å². The molecule has 0 aliphatic rings. The Hall–Kier alpha value is -1.27. The van der Waals surface area contributed by atoms with Gasteiger partial charge in [-0.15, -0.1) is 5.10 Å². The van der Waals surface area contributed by atoms with Gasteiger partial charge in [-0.2, -0.15) is 5.10 Å². The van der Waals surface area contributed by atoms with Crippen molar-refractivity contribution in [2.45, 2.75) is 12.5 Å². The third kappa shape index (κ3) is 1.97. The predicted octanol–water partition coefficient (Wildman–Crippen LogP) is 0.514. The number of aromatic nitrogens is 4. The average molecular weight is 209 g/mol. The second-order valence-electron chi connectivity index (χ2n) is 3.16. The van der Waals surface area contributed by atoms with Gasteiger partial charge >= 0.3 is 0 Å². The zero-order chi connectivity index (χ0) is 9.97. The Bertz CT molecular complexity index is 394. The Labute approximate surface area is 85.7 Å². The summed E-state index contributed by atoms with van der Waals surface area (Å²) in [5.41, 5.74) is 7.91. The van der Waals surface area contributed by atoms with Crippen molar-refractivity contribution in [3.05, 3.63) is 29.0 Å². The van der Waals surface area contributed by atoms with Crippen LogP contribution in [-0.2, 0) is 13.5 Å². The Balaban J connectivity index is 2.05. The first kappa shape index (κ1) is 9.29. The number of hydrogen-bond acceptors (Lipinski definition) is 5. The van der Waals surface area contributed by atoms with E-state index in [0.717, 1.165) is 17.7 Å². The molecule has 2 aromatic rings. The van der Waals surface area contributed by atoms with Gasteiger partial charge in [0.2, 0.25) is 0 Å². The van der Waals surface area contributed by atoms with Gasteiger partial charge in [-0.3, -0.25) is 4.68 Å². The molecule has 0 bridgehead atoms. The van der Waals surface area contributed by atoms with E-state index in [4.69, 9.17) is 5.73 Å². The fourth-order valence-corrected chi connectivity index (χ4v) is 1.79. The molecule has 0 aromatic carbocycles. The first-order chi connectivity index (χ1) is 6.75. The second kappa shape index (κ2) is 3.85. The van der Waals surface area contributed by atoms with Crippen LogP contribution in [0.2, 0.25) is 0 Å². The van der Waals surface area contributed by atoms with Gasteiger partial charge in [0.05, 0.1) is 17.9 Å². The Morgan fingerprint density at radius 3 is 3.07 bits per heavy atom. The summed E-state index contributed by atoms with van der Waals surface area (Å²) in [6, 6.07) is -0.0852. The molecule has 1 atom stereocenters. The van der Waals surface area contributed by atoms with E-state index in [1.807, 2.05) is 24.8 Å². The van der Waals surface area contributed by atoms with Crippen molar-refractivity contribution in [2.24, 2.45) is 12.8 Å². The van der Waals surface area contributed by atoms with Gasteiger partial charge in [0.25, 0.3) is 0 Å². The highest BCUT2D eigenvalue weighted by atomic mass is 32.1. The zero-order valence-electron chi connectivity index (χ0n) is 7.79. The van der Waals surface area contributed by atoms with E-state index < -0.39 is 0 Å². The van der Waals surface area contributed by atoms with E-state index in [2.05, 4.69) is 14.7 Å². The lowest BCUT2D eigenvalue weighted by Crippen LogP contribution is -2.13. The van der Waals surface area contributed by atoms with Gasteiger partial charge in [-0.1, -0.05) is 4.49 Å². The summed E-state index contributed by atoms with van der Waals surface area (Å²) in [4.78, 5) is 0. The summed E-state index contributed by atoms with van der Waals surface area (Å²) in [5.74, 6) is 0. The van der Waals surface area contributed by atoms with E-state index >= 15 is 0 Å². The number of hydrogen-bond donors (Lipinski definition) is 1. The van der Waals surface area contributed by atoms with Gasteiger partial charge in [-0.05, 0) is 23.5 Å². The minimum atomic E-state index is -0.0852. The van der Waals surface area contributed by atoms with Gasteiger partial charge in [0.15, 0.2) is 0 Å². The summed E-state index contributed by atoms with van der Waals surface area (Å²) in [7, 11) is 1.89. The monoisotopic (exact) mass is 209 g/mol. The maximum absolute atomic E-state index is 5.95. The largest absolute Gasteiger partial charge is 0.322 e. The van der Waals surface area contributed by atoms with Gasteiger partial charge in [-0.25, -0.2) is 0 Å². The van der Waals surface area contributed by atoms with Crippen LogP contribution in [0.1, 0.15) is 17.3 Å². The van der Waals surface area contributed by atoms with Crippen LogP contribution < -0.4 is 5.73 Å². The Kier molecular flexibility index (Phi) is 2.55. The third-order valence-corrected chi connectivity index (χ3v) is 2.49. The molecular weight excluding hydrogens is 198 g/mol. The first-order valence-electron chi connectivity index (χ1n) is 4.26. The number of rotatable bonds is 3. The maximum atomic E-state index is 5.95. The van der Waals surface area contributed by atoms with Crippen molar-refractivity contribution < 1.29 is 0 Å². The fraction of sp³-hybridized carbons (Fsp3) is 0.375. The molecule has 0 saturated heterocycles. The van der Waals surface area contributed by atoms with Crippen LogP contribution in [0.3, 0.4) is 0 Å². The summed E-state index contributed by atoms with van der Waals surface area (Å²) >= 11 is 1.32. The quantitative estimate of drug-likeness (QED) is 0.799. The molecule has 2 N–H and O–H groups in total. The highest BCUT2D eigenvalue weighted by molar-refractivity contribution is 7.03.